The van der Waals surface area contributed by atoms with Crippen molar-refractivity contribution in [3.05, 3.63) is 72.6 Å². The second-order valence-electron chi connectivity index (χ2n) is 6.65. The van der Waals surface area contributed by atoms with Gasteiger partial charge in [0.15, 0.2) is 0 Å². The number of anilines is 2. The predicted molar refractivity (Wildman–Crippen MR) is 114 cm³/mol. The van der Waals surface area contributed by atoms with Gasteiger partial charge in [-0.1, -0.05) is 44.2 Å². The van der Waals surface area contributed by atoms with E-state index in [1.807, 2.05) is 44.3 Å². The zero-order chi connectivity index (χ0) is 19.2. The maximum absolute atomic E-state index is 11.9. The fraction of sp³-hybridized carbons (Fsp3) is 0.182. The molecular weight excluding hydrogens is 354 g/mol. The van der Waals surface area contributed by atoms with Gasteiger partial charge in [-0.15, -0.1) is 0 Å². The maximum atomic E-state index is 11.9. The third kappa shape index (κ3) is 5.11. The molecule has 3 aromatic rings. The third-order valence-corrected chi connectivity index (χ3v) is 4.95. The van der Waals surface area contributed by atoms with E-state index < -0.39 is 0 Å². The highest BCUT2D eigenvalue weighted by Crippen LogP contribution is 2.29. The normalized spacial score (nSPS) is 10.7. The highest BCUT2D eigenvalue weighted by Gasteiger charge is 2.09. The molecule has 0 radical (unpaired) electrons. The number of carbonyl (C=O) groups is 1. The second kappa shape index (κ2) is 8.73. The first kappa shape index (κ1) is 19.0. The number of aromatic nitrogens is 1. The summed E-state index contributed by atoms with van der Waals surface area (Å²) in [6.07, 6.45) is 3.48. The number of aryl methyl sites for hydroxylation is 1. The Bertz CT molecular complexity index is 926. The molecule has 0 aliphatic rings. The number of hydrogen-bond donors (Lipinski definition) is 2. The van der Waals surface area contributed by atoms with E-state index in [1.165, 1.54) is 5.56 Å². The van der Waals surface area contributed by atoms with Crippen LogP contribution in [0.4, 0.5) is 11.4 Å². The lowest BCUT2D eigenvalue weighted by Gasteiger charge is -2.12. The van der Waals surface area contributed by atoms with E-state index >= 15 is 0 Å². The minimum atomic E-state index is -0.0705. The van der Waals surface area contributed by atoms with E-state index in [1.54, 1.807) is 18.1 Å². The van der Waals surface area contributed by atoms with Gasteiger partial charge >= 0.3 is 0 Å². The molecule has 0 fully saturated rings. The van der Waals surface area contributed by atoms with Gasteiger partial charge in [0, 0.05) is 28.3 Å². The van der Waals surface area contributed by atoms with Crippen molar-refractivity contribution in [2.24, 2.45) is 5.92 Å². The van der Waals surface area contributed by atoms with Crippen molar-refractivity contribution in [3.63, 3.8) is 0 Å². The van der Waals surface area contributed by atoms with Crippen molar-refractivity contribution in [1.29, 1.82) is 0 Å². The first-order valence-electron chi connectivity index (χ1n) is 8.88. The Balaban J connectivity index is 1.80. The van der Waals surface area contributed by atoms with Crippen LogP contribution >= 0.6 is 11.9 Å². The van der Waals surface area contributed by atoms with E-state index in [2.05, 4.69) is 52.3 Å². The van der Waals surface area contributed by atoms with Crippen LogP contribution in [0.3, 0.4) is 0 Å². The van der Waals surface area contributed by atoms with Gasteiger partial charge in [0.25, 0.3) is 0 Å². The zero-order valence-corrected chi connectivity index (χ0v) is 16.5. The summed E-state index contributed by atoms with van der Waals surface area (Å²) in [6, 6.07) is 18.4. The molecule has 0 saturated carbocycles. The van der Waals surface area contributed by atoms with Crippen LogP contribution in [0.2, 0.25) is 0 Å². The molecule has 138 valence electrons. The van der Waals surface area contributed by atoms with Crippen LogP contribution in [0.15, 0.2) is 71.9 Å². The minimum absolute atomic E-state index is 0.0144. The van der Waals surface area contributed by atoms with Crippen molar-refractivity contribution >= 4 is 29.2 Å². The minimum Gasteiger partial charge on any atom is -0.325 e. The van der Waals surface area contributed by atoms with Crippen molar-refractivity contribution in [3.8, 4) is 11.1 Å². The number of nitrogens with zero attached hydrogens (tertiary/aromatic N) is 1. The number of rotatable bonds is 6. The second-order valence-corrected chi connectivity index (χ2v) is 7.53. The summed E-state index contributed by atoms with van der Waals surface area (Å²) in [6.45, 7) is 5.82. The molecule has 1 aromatic heterocycles. The number of amides is 1. The molecule has 0 unspecified atom stereocenters. The van der Waals surface area contributed by atoms with E-state index in [0.29, 0.717) is 5.69 Å². The summed E-state index contributed by atoms with van der Waals surface area (Å²) in [5, 5.41) is 2.90. The SMILES string of the molecule is Cc1ccc(-c2cncc(NC(=O)C(C)C)c2)cc1NSc1ccccc1. The maximum Gasteiger partial charge on any atom is 0.226 e. The predicted octanol–water partition coefficient (Wildman–Crippen LogP) is 5.77. The van der Waals surface area contributed by atoms with Crippen LogP contribution in [-0.2, 0) is 4.79 Å². The van der Waals surface area contributed by atoms with E-state index in [-0.39, 0.29) is 11.8 Å². The first-order valence-corrected chi connectivity index (χ1v) is 9.69. The van der Waals surface area contributed by atoms with Crippen molar-refractivity contribution in [2.45, 2.75) is 25.7 Å². The van der Waals surface area contributed by atoms with Gasteiger partial charge in [-0.2, -0.15) is 0 Å². The lowest BCUT2D eigenvalue weighted by Crippen LogP contribution is -2.17. The Hall–Kier alpha value is -2.79. The zero-order valence-electron chi connectivity index (χ0n) is 15.7. The first-order chi connectivity index (χ1) is 13.0. The molecule has 2 aromatic carbocycles. The molecule has 27 heavy (non-hydrogen) atoms. The molecule has 0 saturated heterocycles. The summed E-state index contributed by atoms with van der Waals surface area (Å²) < 4.78 is 3.43. The Morgan fingerprint density at radius 2 is 1.78 bits per heavy atom. The topological polar surface area (TPSA) is 54.0 Å². The number of pyridine rings is 1. The number of carbonyl (C=O) groups excluding carboxylic acids is 1. The number of benzene rings is 2. The monoisotopic (exact) mass is 377 g/mol. The van der Waals surface area contributed by atoms with Crippen LogP contribution in [0, 0.1) is 12.8 Å². The Morgan fingerprint density at radius 1 is 1.00 bits per heavy atom. The standard InChI is InChI=1S/C22H23N3OS/c1-15(2)22(26)24-19-11-18(13-23-14-19)17-10-9-16(3)21(12-17)25-27-20-7-5-4-6-8-20/h4-15,25H,1-3H3,(H,24,26). The average Bonchev–Trinajstić information content (AvgIpc) is 2.68. The molecule has 0 aliphatic carbocycles. The van der Waals surface area contributed by atoms with Crippen LogP contribution in [-0.4, -0.2) is 10.9 Å². The lowest BCUT2D eigenvalue weighted by molar-refractivity contribution is -0.118. The summed E-state index contributed by atoms with van der Waals surface area (Å²) in [5.41, 5.74) is 4.94. The molecule has 5 heteroatoms. The van der Waals surface area contributed by atoms with E-state index in [0.717, 1.165) is 21.7 Å². The highest BCUT2D eigenvalue weighted by atomic mass is 32.2. The van der Waals surface area contributed by atoms with Crippen LogP contribution in [0.1, 0.15) is 19.4 Å². The Kier molecular flexibility index (Phi) is 6.14. The quantitative estimate of drug-likeness (QED) is 0.535. The van der Waals surface area contributed by atoms with Gasteiger partial charge in [0.2, 0.25) is 5.91 Å². The smallest absolute Gasteiger partial charge is 0.226 e. The van der Waals surface area contributed by atoms with Gasteiger partial charge in [0.1, 0.15) is 0 Å². The van der Waals surface area contributed by atoms with Gasteiger partial charge in [-0.3, -0.25) is 9.78 Å². The van der Waals surface area contributed by atoms with Gasteiger partial charge in [-0.05, 0) is 54.3 Å². The van der Waals surface area contributed by atoms with Gasteiger partial charge in [0.05, 0.1) is 11.9 Å². The summed E-state index contributed by atoms with van der Waals surface area (Å²) in [7, 11) is 0. The third-order valence-electron chi connectivity index (χ3n) is 4.12. The number of nitrogens with one attached hydrogen (secondary N) is 2. The molecule has 0 bridgehead atoms. The molecule has 2 N–H and O–H groups in total. The Morgan fingerprint density at radius 3 is 2.52 bits per heavy atom. The molecule has 4 nitrogen and oxygen atoms in total. The molecule has 0 spiro atoms. The van der Waals surface area contributed by atoms with E-state index in [4.69, 9.17) is 0 Å². The van der Waals surface area contributed by atoms with Crippen molar-refractivity contribution in [1.82, 2.24) is 4.98 Å². The average molecular weight is 378 g/mol. The summed E-state index contributed by atoms with van der Waals surface area (Å²) in [4.78, 5) is 17.4. The van der Waals surface area contributed by atoms with Crippen molar-refractivity contribution in [2.75, 3.05) is 10.0 Å². The fourth-order valence-corrected chi connectivity index (χ4v) is 3.21. The molecular formula is C22H23N3OS. The number of hydrogen-bond acceptors (Lipinski definition) is 4. The van der Waals surface area contributed by atoms with Gasteiger partial charge in [-0.25, -0.2) is 0 Å². The van der Waals surface area contributed by atoms with Crippen LogP contribution in [0.5, 0.6) is 0 Å². The lowest BCUT2D eigenvalue weighted by atomic mass is 10.0. The largest absolute Gasteiger partial charge is 0.325 e. The molecule has 1 heterocycles. The molecule has 3 rings (SSSR count). The summed E-state index contributed by atoms with van der Waals surface area (Å²) >= 11 is 1.58. The molecule has 0 atom stereocenters. The van der Waals surface area contributed by atoms with E-state index in [9.17, 15) is 4.79 Å². The Labute approximate surface area is 164 Å². The van der Waals surface area contributed by atoms with Gasteiger partial charge < -0.3 is 10.0 Å². The van der Waals surface area contributed by atoms with Crippen molar-refractivity contribution < 1.29 is 4.79 Å². The highest BCUT2D eigenvalue weighted by molar-refractivity contribution is 8.00. The summed E-state index contributed by atoms with van der Waals surface area (Å²) in [5.74, 6) is -0.0849. The van der Waals surface area contributed by atoms with Crippen LogP contribution in [0.25, 0.3) is 11.1 Å². The molecule has 1 amide bonds. The fourth-order valence-electron chi connectivity index (χ4n) is 2.47. The van der Waals surface area contributed by atoms with Crippen LogP contribution < -0.4 is 10.0 Å². The molecule has 0 aliphatic heterocycles.